The van der Waals surface area contributed by atoms with Crippen LogP contribution in [0.3, 0.4) is 0 Å². The number of hydrogen-bond donors (Lipinski definition) is 1. The fraction of sp³-hybridized carbons (Fsp3) is 0.381. The van der Waals surface area contributed by atoms with Crippen molar-refractivity contribution in [1.82, 2.24) is 9.13 Å². The number of ether oxygens (including phenoxy) is 3. The lowest BCUT2D eigenvalue weighted by molar-refractivity contribution is -0.183. The second-order valence-corrected chi connectivity index (χ2v) is 8.06. The van der Waals surface area contributed by atoms with Gasteiger partial charge >= 0.3 is 26.2 Å². The SMILES string of the molecule is COC(=O)C(OCC(Cn1cc(C)c(=O)n(C(=O)c2ccccc2)c1=O)OC(C)=O)OP(O)OC.P. The number of methoxy groups -OCH3 is 1. The van der Waals surface area contributed by atoms with Gasteiger partial charge in [0.25, 0.3) is 17.8 Å². The van der Waals surface area contributed by atoms with Crippen molar-refractivity contribution in [3.63, 3.8) is 0 Å². The van der Waals surface area contributed by atoms with E-state index in [-0.39, 0.29) is 27.6 Å². The molecular formula is C21H28N2O11P2. The van der Waals surface area contributed by atoms with Crippen LogP contribution >= 0.6 is 18.5 Å². The Kier molecular flexibility index (Phi) is 12.8. The van der Waals surface area contributed by atoms with E-state index in [1.807, 2.05) is 0 Å². The van der Waals surface area contributed by atoms with Crippen LogP contribution in [0.2, 0.25) is 0 Å². The van der Waals surface area contributed by atoms with Crippen LogP contribution in [0.4, 0.5) is 0 Å². The highest BCUT2D eigenvalue weighted by Gasteiger charge is 2.28. The van der Waals surface area contributed by atoms with Crippen molar-refractivity contribution in [2.45, 2.75) is 32.8 Å². The summed E-state index contributed by atoms with van der Waals surface area (Å²) in [6, 6.07) is 7.76. The van der Waals surface area contributed by atoms with Crippen molar-refractivity contribution in [2.75, 3.05) is 20.8 Å². The maximum absolute atomic E-state index is 13.0. The van der Waals surface area contributed by atoms with Crippen molar-refractivity contribution in [1.29, 1.82) is 0 Å². The first-order valence-electron chi connectivity index (χ1n) is 10.1. The van der Waals surface area contributed by atoms with Gasteiger partial charge in [-0.3, -0.25) is 23.5 Å². The molecule has 2 rings (SSSR count). The van der Waals surface area contributed by atoms with Crippen LogP contribution in [0.1, 0.15) is 22.8 Å². The normalized spacial score (nSPS) is 13.1. The summed E-state index contributed by atoms with van der Waals surface area (Å²) in [4.78, 5) is 71.5. The van der Waals surface area contributed by atoms with Crippen molar-refractivity contribution in [3.05, 3.63) is 68.5 Å². The summed E-state index contributed by atoms with van der Waals surface area (Å²) in [7, 11) is -0.259. The fourth-order valence-corrected chi connectivity index (χ4v) is 3.29. The van der Waals surface area contributed by atoms with E-state index in [1.54, 1.807) is 18.2 Å². The molecule has 0 saturated heterocycles. The zero-order chi connectivity index (χ0) is 26.1. The molecule has 36 heavy (non-hydrogen) atoms. The van der Waals surface area contributed by atoms with Crippen molar-refractivity contribution < 1.29 is 42.5 Å². The molecule has 0 aliphatic carbocycles. The molecule has 1 aromatic heterocycles. The molecule has 0 aliphatic heterocycles. The number of carbonyl (C=O) groups is 3. The van der Waals surface area contributed by atoms with Crippen LogP contribution in [0, 0.1) is 6.92 Å². The first kappa shape index (κ1) is 31.2. The Bertz CT molecular complexity index is 1170. The zero-order valence-electron chi connectivity index (χ0n) is 20.1. The van der Waals surface area contributed by atoms with E-state index in [1.165, 1.54) is 25.3 Å². The molecule has 0 bridgehead atoms. The van der Waals surface area contributed by atoms with Crippen molar-refractivity contribution >= 4 is 36.3 Å². The van der Waals surface area contributed by atoms with Crippen LogP contribution in [0.5, 0.6) is 0 Å². The van der Waals surface area contributed by atoms with Gasteiger partial charge in [-0.15, -0.1) is 0 Å². The van der Waals surface area contributed by atoms with E-state index in [9.17, 15) is 28.9 Å². The molecule has 1 aromatic carbocycles. The third-order valence-electron chi connectivity index (χ3n) is 4.45. The van der Waals surface area contributed by atoms with Gasteiger partial charge in [0, 0.05) is 31.4 Å². The second kappa shape index (κ2) is 14.7. The lowest BCUT2D eigenvalue weighted by atomic mass is 10.2. The number of rotatable bonds is 11. The third-order valence-corrected chi connectivity index (χ3v) is 5.14. The first-order chi connectivity index (χ1) is 16.6. The maximum Gasteiger partial charge on any atom is 0.363 e. The molecule has 15 heteroatoms. The summed E-state index contributed by atoms with van der Waals surface area (Å²) in [5, 5.41) is 0. The molecule has 0 fully saturated rings. The molecule has 198 valence electrons. The van der Waals surface area contributed by atoms with Crippen molar-refractivity contribution in [3.8, 4) is 0 Å². The zero-order valence-corrected chi connectivity index (χ0v) is 22.4. The van der Waals surface area contributed by atoms with Crippen LogP contribution in [-0.2, 0) is 39.4 Å². The van der Waals surface area contributed by atoms with E-state index >= 15 is 0 Å². The number of aryl methyl sites for hydroxylation is 1. The van der Waals surface area contributed by atoms with Gasteiger partial charge < -0.3 is 23.6 Å². The summed E-state index contributed by atoms with van der Waals surface area (Å²) < 4.78 is 26.0. The smallest absolute Gasteiger partial charge is 0.363 e. The Balaban J connectivity index is 0.00000648. The molecule has 2 aromatic rings. The van der Waals surface area contributed by atoms with E-state index in [4.69, 9.17) is 14.0 Å². The lowest BCUT2D eigenvalue weighted by Gasteiger charge is -2.22. The lowest BCUT2D eigenvalue weighted by Crippen LogP contribution is -2.46. The van der Waals surface area contributed by atoms with Gasteiger partial charge in [-0.2, -0.15) is 14.5 Å². The van der Waals surface area contributed by atoms with Gasteiger partial charge in [-0.25, -0.2) is 9.59 Å². The third kappa shape index (κ3) is 8.41. The van der Waals surface area contributed by atoms with Gasteiger partial charge in [-0.05, 0) is 19.1 Å². The standard InChI is InChI=1S/C21H25N2O11P.H3P/c1-13-10-22(21(28)23(17(13)25)18(26)15-8-6-5-7-9-15)11-16(33-14(2)24)12-32-20(19(27)30-3)34-35(29)31-4;/h5-10,16,20,29H,11-12H2,1-4H3;1H3. The van der Waals surface area contributed by atoms with E-state index in [0.717, 1.165) is 25.7 Å². The summed E-state index contributed by atoms with van der Waals surface area (Å²) in [5.74, 6) is -2.55. The van der Waals surface area contributed by atoms with E-state index in [2.05, 4.69) is 9.26 Å². The molecular weight excluding hydrogens is 518 g/mol. The minimum atomic E-state index is -2.46. The Morgan fingerprint density at radius 2 is 1.75 bits per heavy atom. The maximum atomic E-state index is 13.0. The monoisotopic (exact) mass is 546 g/mol. The molecule has 13 nitrogen and oxygen atoms in total. The van der Waals surface area contributed by atoms with Gasteiger partial charge in [0.05, 0.1) is 20.3 Å². The molecule has 0 amide bonds. The summed E-state index contributed by atoms with van der Waals surface area (Å²) in [5.41, 5.74) is -1.56. The van der Waals surface area contributed by atoms with Crippen LogP contribution < -0.4 is 11.2 Å². The van der Waals surface area contributed by atoms with Gasteiger partial charge in [0.1, 0.15) is 6.10 Å². The Morgan fingerprint density at radius 3 is 2.31 bits per heavy atom. The fourth-order valence-electron chi connectivity index (χ4n) is 2.89. The number of esters is 2. The number of hydrogen-bond acceptors (Lipinski definition) is 11. The highest BCUT2D eigenvalue weighted by molar-refractivity contribution is 7.40. The molecule has 4 atom stereocenters. The largest absolute Gasteiger partial charge is 0.465 e. The van der Waals surface area contributed by atoms with Gasteiger partial charge in [0.2, 0.25) is 0 Å². The predicted octanol–water partition coefficient (Wildman–Crippen LogP) is 0.395. The quantitative estimate of drug-likeness (QED) is 0.236. The summed E-state index contributed by atoms with van der Waals surface area (Å²) >= 11 is 0. The molecule has 0 radical (unpaired) electrons. The average molecular weight is 546 g/mol. The predicted molar refractivity (Wildman–Crippen MR) is 132 cm³/mol. The molecule has 0 spiro atoms. The minimum Gasteiger partial charge on any atom is -0.465 e. The molecule has 1 heterocycles. The highest BCUT2D eigenvalue weighted by Crippen LogP contribution is 2.33. The second-order valence-electron chi connectivity index (χ2n) is 7.00. The number of carbonyl (C=O) groups excluding carboxylic acids is 3. The molecule has 4 unspecified atom stereocenters. The minimum absolute atomic E-state index is 0. The Labute approximate surface area is 210 Å². The Hall–Kier alpha value is -2.79. The topological polar surface area (TPSA) is 162 Å². The number of aromatic nitrogens is 2. The van der Waals surface area contributed by atoms with Crippen LogP contribution in [0.25, 0.3) is 0 Å². The van der Waals surface area contributed by atoms with E-state index in [0.29, 0.717) is 4.57 Å². The number of benzene rings is 1. The molecule has 1 N–H and O–H groups in total. The Morgan fingerprint density at radius 1 is 1.11 bits per heavy atom. The van der Waals surface area contributed by atoms with Crippen molar-refractivity contribution in [2.24, 2.45) is 0 Å². The summed E-state index contributed by atoms with van der Waals surface area (Å²) in [6.07, 6.45) is -1.67. The van der Waals surface area contributed by atoms with E-state index < -0.39 is 56.7 Å². The van der Waals surface area contributed by atoms with Gasteiger partial charge in [0.15, 0.2) is 0 Å². The summed E-state index contributed by atoms with van der Waals surface area (Å²) in [6.45, 7) is 1.71. The number of nitrogens with zero attached hydrogens (tertiary/aromatic N) is 2. The van der Waals surface area contributed by atoms with Crippen LogP contribution in [-0.4, -0.2) is 65.1 Å². The molecule has 0 saturated carbocycles. The first-order valence-corrected chi connectivity index (χ1v) is 11.2. The van der Waals surface area contributed by atoms with Gasteiger partial charge in [-0.1, -0.05) is 18.2 Å². The molecule has 0 aliphatic rings. The van der Waals surface area contributed by atoms with Crippen LogP contribution in [0.15, 0.2) is 46.1 Å². The highest BCUT2D eigenvalue weighted by atomic mass is 31.2. The average Bonchev–Trinajstić information content (AvgIpc) is 2.84.